The van der Waals surface area contributed by atoms with Crippen molar-refractivity contribution in [2.24, 2.45) is 5.73 Å². The highest BCUT2D eigenvalue weighted by Gasteiger charge is 2.14. The molecule has 0 atom stereocenters. The summed E-state index contributed by atoms with van der Waals surface area (Å²) in [6.45, 7) is 6.99. The van der Waals surface area contributed by atoms with Gasteiger partial charge in [-0.05, 0) is 56.1 Å². The fourth-order valence-corrected chi connectivity index (χ4v) is 2.75. The van der Waals surface area contributed by atoms with Gasteiger partial charge < -0.3 is 10.1 Å². The van der Waals surface area contributed by atoms with Crippen molar-refractivity contribution in [3.05, 3.63) is 58.9 Å². The summed E-state index contributed by atoms with van der Waals surface area (Å²) in [6.07, 6.45) is 2.90. The molecule has 0 aliphatic heterocycles. The molecule has 0 aliphatic carbocycles. The van der Waals surface area contributed by atoms with Gasteiger partial charge >= 0.3 is 0 Å². The van der Waals surface area contributed by atoms with Crippen LogP contribution in [-0.4, -0.2) is 15.9 Å². The third-order valence-corrected chi connectivity index (χ3v) is 4.11. The van der Waals surface area contributed by atoms with E-state index in [9.17, 15) is 0 Å². The lowest BCUT2D eigenvalue weighted by Crippen LogP contribution is -2.06. The van der Waals surface area contributed by atoms with Crippen LogP contribution in [0.3, 0.4) is 0 Å². The third kappa shape index (κ3) is 2.34. The summed E-state index contributed by atoms with van der Waals surface area (Å²) in [5.41, 5.74) is 14.0. The number of nitrogens with zero attached hydrogens (tertiary/aromatic N) is 2. The molecule has 3 nitrogen and oxygen atoms in total. The Kier molecular flexibility index (Phi) is 3.52. The molecular formula is C18H21N3. The highest BCUT2D eigenvalue weighted by atomic mass is 15.0. The lowest BCUT2D eigenvalue weighted by Gasteiger charge is -2.06. The SMILES string of the molecule is Cc1ccc(-c2nc3c(C)cccn3c2CCN)cc1C. The molecule has 0 bridgehead atoms. The van der Waals surface area contributed by atoms with E-state index in [1.54, 1.807) is 0 Å². The largest absolute Gasteiger partial charge is 0.330 e. The van der Waals surface area contributed by atoms with Gasteiger partial charge in [0.2, 0.25) is 0 Å². The Hall–Kier alpha value is -2.13. The molecule has 0 fully saturated rings. The van der Waals surface area contributed by atoms with Crippen LogP contribution in [-0.2, 0) is 6.42 Å². The predicted molar refractivity (Wildman–Crippen MR) is 87.6 cm³/mol. The van der Waals surface area contributed by atoms with Crippen LogP contribution in [0.4, 0.5) is 0 Å². The van der Waals surface area contributed by atoms with E-state index in [0.29, 0.717) is 6.54 Å². The second kappa shape index (κ2) is 5.34. The molecule has 21 heavy (non-hydrogen) atoms. The zero-order valence-electron chi connectivity index (χ0n) is 12.9. The molecule has 0 saturated carbocycles. The Labute approximate surface area is 125 Å². The first-order chi connectivity index (χ1) is 10.1. The molecule has 1 aromatic carbocycles. The lowest BCUT2D eigenvalue weighted by molar-refractivity contribution is 0.905. The topological polar surface area (TPSA) is 43.3 Å². The van der Waals surface area contributed by atoms with Crippen molar-refractivity contribution >= 4 is 5.65 Å². The second-order valence-corrected chi connectivity index (χ2v) is 5.63. The monoisotopic (exact) mass is 279 g/mol. The maximum Gasteiger partial charge on any atom is 0.140 e. The van der Waals surface area contributed by atoms with Crippen LogP contribution in [0.5, 0.6) is 0 Å². The van der Waals surface area contributed by atoms with Gasteiger partial charge in [0.15, 0.2) is 0 Å². The van der Waals surface area contributed by atoms with E-state index in [-0.39, 0.29) is 0 Å². The average molecular weight is 279 g/mol. The van der Waals surface area contributed by atoms with E-state index in [1.807, 2.05) is 0 Å². The zero-order chi connectivity index (χ0) is 15.0. The first-order valence-electron chi connectivity index (χ1n) is 7.36. The zero-order valence-corrected chi connectivity index (χ0v) is 12.9. The molecule has 0 unspecified atom stereocenters. The molecule has 0 spiro atoms. The van der Waals surface area contributed by atoms with Gasteiger partial charge in [-0.1, -0.05) is 18.2 Å². The van der Waals surface area contributed by atoms with Crippen LogP contribution in [0.2, 0.25) is 0 Å². The highest BCUT2D eigenvalue weighted by molar-refractivity contribution is 5.69. The van der Waals surface area contributed by atoms with Crippen molar-refractivity contribution in [3.8, 4) is 11.3 Å². The summed E-state index contributed by atoms with van der Waals surface area (Å²) in [5.74, 6) is 0. The fraction of sp³-hybridized carbons (Fsp3) is 0.278. The standard InChI is InChI=1S/C18H21N3/c1-12-6-7-15(11-14(12)3)17-16(8-9-19)21-10-4-5-13(2)18(21)20-17/h4-7,10-11H,8-9,19H2,1-3H3. The molecule has 3 rings (SSSR count). The van der Waals surface area contributed by atoms with Gasteiger partial charge in [-0.25, -0.2) is 4.98 Å². The number of pyridine rings is 1. The van der Waals surface area contributed by atoms with Crippen LogP contribution in [0.15, 0.2) is 36.5 Å². The Morgan fingerprint density at radius 3 is 2.57 bits per heavy atom. The van der Waals surface area contributed by atoms with E-state index in [1.165, 1.54) is 27.9 Å². The molecule has 0 aliphatic rings. The number of aromatic nitrogens is 2. The number of hydrogen-bond acceptors (Lipinski definition) is 2. The third-order valence-electron chi connectivity index (χ3n) is 4.11. The second-order valence-electron chi connectivity index (χ2n) is 5.63. The minimum absolute atomic E-state index is 0.625. The summed E-state index contributed by atoms with van der Waals surface area (Å²) < 4.78 is 2.17. The van der Waals surface area contributed by atoms with Crippen LogP contribution in [0.25, 0.3) is 16.9 Å². The number of imidazole rings is 1. The molecule has 0 amide bonds. The molecule has 3 heteroatoms. The summed E-state index contributed by atoms with van der Waals surface area (Å²) in [5, 5.41) is 0. The maximum absolute atomic E-state index is 5.81. The van der Waals surface area contributed by atoms with Gasteiger partial charge in [-0.2, -0.15) is 0 Å². The number of hydrogen-bond donors (Lipinski definition) is 1. The summed E-state index contributed by atoms with van der Waals surface area (Å²) >= 11 is 0. The molecule has 0 saturated heterocycles. The smallest absolute Gasteiger partial charge is 0.140 e. The Bertz CT molecular complexity index is 800. The molecule has 3 aromatic rings. The quantitative estimate of drug-likeness (QED) is 0.798. The Morgan fingerprint density at radius 2 is 1.86 bits per heavy atom. The van der Waals surface area contributed by atoms with Crippen molar-refractivity contribution in [2.75, 3.05) is 6.54 Å². The Morgan fingerprint density at radius 1 is 1.05 bits per heavy atom. The number of benzene rings is 1. The van der Waals surface area contributed by atoms with Gasteiger partial charge in [0.1, 0.15) is 5.65 Å². The maximum atomic E-state index is 5.81. The van der Waals surface area contributed by atoms with E-state index in [2.05, 4.69) is 61.7 Å². The summed E-state index contributed by atoms with van der Waals surface area (Å²) in [6, 6.07) is 10.7. The summed E-state index contributed by atoms with van der Waals surface area (Å²) in [7, 11) is 0. The van der Waals surface area contributed by atoms with Crippen LogP contribution < -0.4 is 5.73 Å². The van der Waals surface area contributed by atoms with E-state index >= 15 is 0 Å². The fourth-order valence-electron chi connectivity index (χ4n) is 2.75. The number of rotatable bonds is 3. The van der Waals surface area contributed by atoms with Gasteiger partial charge in [0.25, 0.3) is 0 Å². The van der Waals surface area contributed by atoms with E-state index in [0.717, 1.165) is 17.8 Å². The molecular weight excluding hydrogens is 258 g/mol. The molecule has 2 heterocycles. The van der Waals surface area contributed by atoms with Gasteiger partial charge in [0.05, 0.1) is 11.4 Å². The van der Waals surface area contributed by atoms with E-state index < -0.39 is 0 Å². The number of aryl methyl sites for hydroxylation is 3. The van der Waals surface area contributed by atoms with Crippen molar-refractivity contribution < 1.29 is 0 Å². The van der Waals surface area contributed by atoms with Gasteiger partial charge in [-0.15, -0.1) is 0 Å². The normalized spacial score (nSPS) is 11.2. The number of fused-ring (bicyclic) bond motifs is 1. The highest BCUT2D eigenvalue weighted by Crippen LogP contribution is 2.27. The Balaban J connectivity index is 2.27. The minimum atomic E-state index is 0.625. The van der Waals surface area contributed by atoms with Crippen LogP contribution >= 0.6 is 0 Å². The number of nitrogens with two attached hydrogens (primary N) is 1. The molecule has 2 N–H and O–H groups in total. The summed E-state index contributed by atoms with van der Waals surface area (Å²) in [4.78, 5) is 4.88. The first-order valence-corrected chi connectivity index (χ1v) is 7.36. The van der Waals surface area contributed by atoms with Crippen LogP contribution in [0, 0.1) is 20.8 Å². The predicted octanol–water partition coefficient (Wildman–Crippen LogP) is 3.43. The van der Waals surface area contributed by atoms with Crippen molar-refractivity contribution in [1.29, 1.82) is 0 Å². The van der Waals surface area contributed by atoms with Crippen molar-refractivity contribution in [2.45, 2.75) is 27.2 Å². The lowest BCUT2D eigenvalue weighted by atomic mass is 10.0. The average Bonchev–Trinajstić information content (AvgIpc) is 2.83. The van der Waals surface area contributed by atoms with Gasteiger partial charge in [-0.3, -0.25) is 0 Å². The van der Waals surface area contributed by atoms with Crippen LogP contribution in [0.1, 0.15) is 22.4 Å². The molecule has 2 aromatic heterocycles. The van der Waals surface area contributed by atoms with Crippen molar-refractivity contribution in [3.63, 3.8) is 0 Å². The molecule has 108 valence electrons. The van der Waals surface area contributed by atoms with Crippen molar-refractivity contribution in [1.82, 2.24) is 9.38 Å². The first kappa shape index (κ1) is 13.8. The van der Waals surface area contributed by atoms with E-state index in [4.69, 9.17) is 10.7 Å². The minimum Gasteiger partial charge on any atom is -0.330 e. The van der Waals surface area contributed by atoms with Gasteiger partial charge in [0, 0.05) is 18.2 Å². The molecule has 0 radical (unpaired) electrons.